The summed E-state index contributed by atoms with van der Waals surface area (Å²) in [7, 11) is 0. The molecular weight excluding hydrogens is 368 g/mol. The lowest BCUT2D eigenvalue weighted by Gasteiger charge is -2.20. The van der Waals surface area contributed by atoms with Gasteiger partial charge >= 0.3 is 5.97 Å². The predicted molar refractivity (Wildman–Crippen MR) is 115 cm³/mol. The summed E-state index contributed by atoms with van der Waals surface area (Å²) in [5, 5.41) is 12.6. The van der Waals surface area contributed by atoms with Crippen molar-refractivity contribution in [2.45, 2.75) is 58.9 Å². The number of benzene rings is 1. The van der Waals surface area contributed by atoms with Crippen molar-refractivity contribution in [3.63, 3.8) is 0 Å². The van der Waals surface area contributed by atoms with Gasteiger partial charge in [0.1, 0.15) is 5.82 Å². The number of ether oxygens (including phenoxy) is 1. The second-order valence-corrected chi connectivity index (χ2v) is 7.08. The molecule has 2 rings (SSSR count). The van der Waals surface area contributed by atoms with Gasteiger partial charge in [0.05, 0.1) is 13.0 Å². The van der Waals surface area contributed by atoms with E-state index in [0.29, 0.717) is 13.0 Å². The number of carbonyl (C=O) groups excluding carboxylic acids is 1. The maximum atomic E-state index is 11.6. The van der Waals surface area contributed by atoms with Gasteiger partial charge in [-0.25, -0.2) is 4.98 Å². The highest BCUT2D eigenvalue weighted by Crippen LogP contribution is 2.23. The van der Waals surface area contributed by atoms with Crippen LogP contribution >= 0.6 is 0 Å². The third kappa shape index (κ3) is 7.02. The fraction of sp³-hybridized carbons (Fsp3) is 0.500. The van der Waals surface area contributed by atoms with Gasteiger partial charge in [0.25, 0.3) is 0 Å². The Morgan fingerprint density at radius 1 is 1.21 bits per heavy atom. The lowest BCUT2D eigenvalue weighted by atomic mass is 10.0. The minimum atomic E-state index is -0.219. The van der Waals surface area contributed by atoms with Crippen molar-refractivity contribution in [3.05, 3.63) is 46.6 Å². The van der Waals surface area contributed by atoms with Crippen LogP contribution in [0.25, 0.3) is 0 Å². The van der Waals surface area contributed by atoms with Crippen molar-refractivity contribution in [2.24, 2.45) is 0 Å². The smallest absolute Gasteiger partial charge is 0.310 e. The van der Waals surface area contributed by atoms with Gasteiger partial charge in [-0.1, -0.05) is 31.2 Å². The fourth-order valence-corrected chi connectivity index (χ4v) is 3.22. The van der Waals surface area contributed by atoms with Gasteiger partial charge < -0.3 is 20.9 Å². The molecule has 0 fully saturated rings. The highest BCUT2D eigenvalue weighted by Gasteiger charge is 2.15. The van der Waals surface area contributed by atoms with Gasteiger partial charge in [0, 0.05) is 30.3 Å². The maximum Gasteiger partial charge on any atom is 0.310 e. The first-order chi connectivity index (χ1) is 14.0. The number of aromatic nitrogens is 2. The monoisotopic (exact) mass is 400 g/mol. The molecule has 0 amide bonds. The average molecular weight is 401 g/mol. The summed E-state index contributed by atoms with van der Waals surface area (Å²) in [6.45, 7) is 6.40. The Morgan fingerprint density at radius 2 is 1.90 bits per heavy atom. The van der Waals surface area contributed by atoms with E-state index in [9.17, 15) is 4.79 Å². The molecule has 7 heteroatoms. The number of carbonyl (C=O) groups is 1. The highest BCUT2D eigenvalue weighted by molar-refractivity contribution is 5.72. The van der Waals surface area contributed by atoms with Crippen LogP contribution in [0.15, 0.2) is 24.3 Å². The number of anilines is 2. The van der Waals surface area contributed by atoms with Crippen LogP contribution in [0.3, 0.4) is 0 Å². The first-order valence-corrected chi connectivity index (χ1v) is 10.2. The third-order valence-corrected chi connectivity index (χ3v) is 4.83. The van der Waals surface area contributed by atoms with E-state index in [0.717, 1.165) is 47.5 Å². The number of aryl methyl sites for hydroxylation is 1. The molecule has 1 aromatic heterocycles. The molecule has 0 saturated carbocycles. The van der Waals surface area contributed by atoms with Crippen LogP contribution in [-0.4, -0.2) is 40.3 Å². The normalized spacial score (nSPS) is 11.9. The molecule has 0 aliphatic carbocycles. The molecule has 2 aromatic rings. The Morgan fingerprint density at radius 3 is 2.52 bits per heavy atom. The first-order valence-electron chi connectivity index (χ1n) is 10.2. The van der Waals surface area contributed by atoms with E-state index in [1.165, 1.54) is 0 Å². The average Bonchev–Trinajstić information content (AvgIpc) is 2.69. The molecule has 1 atom stereocenters. The zero-order valence-electron chi connectivity index (χ0n) is 17.6. The summed E-state index contributed by atoms with van der Waals surface area (Å²) in [6, 6.07) is 8.13. The molecule has 158 valence electrons. The van der Waals surface area contributed by atoms with Crippen molar-refractivity contribution in [1.29, 1.82) is 0 Å². The number of hydrogen-bond donors (Lipinski definition) is 3. The van der Waals surface area contributed by atoms with Gasteiger partial charge in [0.2, 0.25) is 5.95 Å². The molecule has 0 aliphatic rings. The van der Waals surface area contributed by atoms with Gasteiger partial charge in [-0.3, -0.25) is 4.79 Å². The van der Waals surface area contributed by atoms with Gasteiger partial charge in [-0.15, -0.1) is 0 Å². The lowest BCUT2D eigenvalue weighted by Crippen LogP contribution is -2.22. The standard InChI is InChI=1S/C22H32N4O3/c1-4-18(7-6-12-27)25-21-19(15(3)24-22(23)26-21)13-16-8-10-17(11-9-16)14-20(28)29-5-2/h8-11,18,27H,4-7,12-14H2,1-3H3,(H3,23,24,25,26). The number of rotatable bonds is 11. The van der Waals surface area contributed by atoms with Crippen LogP contribution in [0.5, 0.6) is 0 Å². The zero-order valence-corrected chi connectivity index (χ0v) is 17.6. The van der Waals surface area contributed by atoms with E-state index in [1.807, 2.05) is 31.2 Å². The second kappa shape index (κ2) is 11.4. The zero-order chi connectivity index (χ0) is 21.2. The molecule has 1 unspecified atom stereocenters. The van der Waals surface area contributed by atoms with Gasteiger partial charge in [-0.2, -0.15) is 4.98 Å². The van der Waals surface area contributed by atoms with Crippen LogP contribution in [0.2, 0.25) is 0 Å². The van der Waals surface area contributed by atoms with Gasteiger partial charge in [0.15, 0.2) is 0 Å². The number of nitrogen functional groups attached to an aromatic ring is 1. The van der Waals surface area contributed by atoms with E-state index in [-0.39, 0.29) is 31.0 Å². The van der Waals surface area contributed by atoms with Gasteiger partial charge in [-0.05, 0) is 44.2 Å². The highest BCUT2D eigenvalue weighted by atomic mass is 16.5. The van der Waals surface area contributed by atoms with Crippen LogP contribution in [0.1, 0.15) is 55.5 Å². The number of nitrogens with one attached hydrogen (secondary N) is 1. The molecular formula is C22H32N4O3. The minimum absolute atomic E-state index is 0.175. The summed E-state index contributed by atoms with van der Waals surface area (Å²) in [5.41, 5.74) is 9.74. The number of esters is 1. The molecule has 0 aliphatic heterocycles. The lowest BCUT2D eigenvalue weighted by molar-refractivity contribution is -0.142. The summed E-state index contributed by atoms with van der Waals surface area (Å²) in [6.07, 6.45) is 3.45. The van der Waals surface area contributed by atoms with Crippen molar-refractivity contribution in [2.75, 3.05) is 24.3 Å². The first kappa shape index (κ1) is 22.6. The van der Waals surface area contributed by atoms with Crippen molar-refractivity contribution in [3.8, 4) is 0 Å². The SMILES string of the molecule is CCOC(=O)Cc1ccc(Cc2c(C)nc(N)nc2NC(CC)CCCO)cc1. The summed E-state index contributed by atoms with van der Waals surface area (Å²) in [5.74, 6) is 0.772. The Kier molecular flexibility index (Phi) is 8.86. The molecule has 0 saturated heterocycles. The largest absolute Gasteiger partial charge is 0.466 e. The van der Waals surface area contributed by atoms with Crippen LogP contribution in [-0.2, 0) is 22.4 Å². The molecule has 0 radical (unpaired) electrons. The molecule has 7 nitrogen and oxygen atoms in total. The third-order valence-electron chi connectivity index (χ3n) is 4.83. The van der Waals surface area contributed by atoms with E-state index in [2.05, 4.69) is 22.2 Å². The molecule has 1 aromatic carbocycles. The van der Waals surface area contributed by atoms with E-state index < -0.39 is 0 Å². The van der Waals surface area contributed by atoms with E-state index >= 15 is 0 Å². The summed E-state index contributed by atoms with van der Waals surface area (Å²) in [4.78, 5) is 20.4. The Bertz CT molecular complexity index is 793. The quantitative estimate of drug-likeness (QED) is 0.497. The summed E-state index contributed by atoms with van der Waals surface area (Å²) < 4.78 is 5.00. The number of aliphatic hydroxyl groups excluding tert-OH is 1. The van der Waals surface area contributed by atoms with E-state index in [4.69, 9.17) is 15.6 Å². The van der Waals surface area contributed by atoms with Crippen molar-refractivity contribution in [1.82, 2.24) is 9.97 Å². The second-order valence-electron chi connectivity index (χ2n) is 7.08. The molecule has 1 heterocycles. The fourth-order valence-electron chi connectivity index (χ4n) is 3.22. The minimum Gasteiger partial charge on any atom is -0.466 e. The van der Waals surface area contributed by atoms with Crippen LogP contribution < -0.4 is 11.1 Å². The molecule has 0 bridgehead atoms. The van der Waals surface area contributed by atoms with Crippen LogP contribution in [0, 0.1) is 6.92 Å². The number of aliphatic hydroxyl groups is 1. The summed E-state index contributed by atoms with van der Waals surface area (Å²) >= 11 is 0. The molecule has 29 heavy (non-hydrogen) atoms. The predicted octanol–water partition coefficient (Wildman–Crippen LogP) is 3.03. The molecule has 4 N–H and O–H groups in total. The number of nitrogens with two attached hydrogens (primary N) is 1. The van der Waals surface area contributed by atoms with Crippen molar-refractivity contribution < 1.29 is 14.6 Å². The Hall–Kier alpha value is -2.67. The van der Waals surface area contributed by atoms with E-state index in [1.54, 1.807) is 6.92 Å². The number of nitrogens with zero attached hydrogens (tertiary/aromatic N) is 2. The van der Waals surface area contributed by atoms with Crippen LogP contribution in [0.4, 0.5) is 11.8 Å². The number of hydrogen-bond acceptors (Lipinski definition) is 7. The Labute approximate surface area is 172 Å². The molecule has 0 spiro atoms. The topological polar surface area (TPSA) is 110 Å². The maximum absolute atomic E-state index is 11.6. The van der Waals surface area contributed by atoms with Crippen molar-refractivity contribution >= 4 is 17.7 Å². The Balaban J connectivity index is 2.18.